The molecule has 0 aliphatic heterocycles. The summed E-state index contributed by atoms with van der Waals surface area (Å²) in [6, 6.07) is 3.69. The van der Waals surface area contributed by atoms with Crippen molar-refractivity contribution < 1.29 is 8.78 Å². The molecule has 28 heavy (non-hydrogen) atoms. The standard InChI is InChI=1S/C18H20ClF2N5S2/c1-3-25(15-9-26(24-16(15)19)13-5-4-6-23-8-13)17(27)14(22-2)11-28-10-12-7-18(12,20)21/h4-6,8-9,12H,3,7,10-11H2,1-2H3. The SMILES string of the molecule is CCN(C(=S)C(CSCC1CC1(F)F)=NC)c1cn(-c2cccnc2)nc1Cl. The van der Waals surface area contributed by atoms with Gasteiger partial charge >= 0.3 is 0 Å². The van der Waals surface area contributed by atoms with Gasteiger partial charge in [-0.2, -0.15) is 16.9 Å². The molecule has 1 aliphatic carbocycles. The maximum atomic E-state index is 13.0. The molecule has 2 heterocycles. The van der Waals surface area contributed by atoms with E-state index in [0.717, 1.165) is 5.69 Å². The molecule has 150 valence electrons. The number of thioether (sulfide) groups is 1. The Morgan fingerprint density at radius 2 is 2.29 bits per heavy atom. The summed E-state index contributed by atoms with van der Waals surface area (Å²) >= 11 is 13.4. The van der Waals surface area contributed by atoms with Crippen LogP contribution in [0, 0.1) is 5.92 Å². The predicted octanol–water partition coefficient (Wildman–Crippen LogP) is 4.53. The Labute approximate surface area is 177 Å². The fourth-order valence-electron chi connectivity index (χ4n) is 2.70. The second-order valence-electron chi connectivity index (χ2n) is 6.36. The van der Waals surface area contributed by atoms with E-state index in [1.165, 1.54) is 11.8 Å². The number of nitrogens with zero attached hydrogens (tertiary/aromatic N) is 5. The molecule has 1 atom stereocenters. The van der Waals surface area contributed by atoms with Crippen molar-refractivity contribution in [3.8, 4) is 5.69 Å². The summed E-state index contributed by atoms with van der Waals surface area (Å²) in [6.07, 6.45) is 5.14. The van der Waals surface area contributed by atoms with Crippen LogP contribution in [0.15, 0.2) is 35.7 Å². The Hall–Kier alpha value is -1.58. The van der Waals surface area contributed by atoms with Gasteiger partial charge in [-0.15, -0.1) is 0 Å². The molecule has 0 bridgehead atoms. The van der Waals surface area contributed by atoms with Gasteiger partial charge in [0.2, 0.25) is 0 Å². The molecule has 3 rings (SSSR count). The first kappa shape index (κ1) is 21.1. The van der Waals surface area contributed by atoms with Crippen molar-refractivity contribution in [3.63, 3.8) is 0 Å². The van der Waals surface area contributed by atoms with Crippen LogP contribution in [0.2, 0.25) is 5.15 Å². The third kappa shape index (κ3) is 4.69. The molecule has 1 saturated carbocycles. The van der Waals surface area contributed by atoms with Gasteiger partial charge in [-0.3, -0.25) is 9.98 Å². The molecule has 0 saturated heterocycles. The van der Waals surface area contributed by atoms with Gasteiger partial charge in [-0.25, -0.2) is 13.5 Å². The number of hydrogen-bond acceptors (Lipinski definition) is 5. The average Bonchev–Trinajstić information content (AvgIpc) is 3.11. The van der Waals surface area contributed by atoms with Crippen molar-refractivity contribution in [1.82, 2.24) is 14.8 Å². The molecule has 1 unspecified atom stereocenters. The highest BCUT2D eigenvalue weighted by Crippen LogP contribution is 2.50. The molecule has 0 radical (unpaired) electrons. The van der Waals surface area contributed by atoms with Crippen LogP contribution < -0.4 is 4.90 Å². The Bertz CT molecular complexity index is 872. The van der Waals surface area contributed by atoms with E-state index >= 15 is 0 Å². The zero-order valence-electron chi connectivity index (χ0n) is 15.5. The number of aromatic nitrogens is 3. The Balaban J connectivity index is 1.71. The van der Waals surface area contributed by atoms with Crippen molar-refractivity contribution in [1.29, 1.82) is 0 Å². The molecule has 0 N–H and O–H groups in total. The van der Waals surface area contributed by atoms with E-state index in [1.807, 2.05) is 24.0 Å². The summed E-state index contributed by atoms with van der Waals surface area (Å²) in [5.41, 5.74) is 2.12. The minimum atomic E-state index is -2.50. The summed E-state index contributed by atoms with van der Waals surface area (Å²) in [7, 11) is 1.66. The van der Waals surface area contributed by atoms with E-state index in [1.54, 1.807) is 30.3 Å². The first-order chi connectivity index (χ1) is 13.4. The Morgan fingerprint density at radius 3 is 2.86 bits per heavy atom. The minimum Gasteiger partial charge on any atom is -0.328 e. The first-order valence-electron chi connectivity index (χ1n) is 8.76. The van der Waals surface area contributed by atoms with E-state index in [4.69, 9.17) is 23.8 Å². The van der Waals surface area contributed by atoms with Crippen LogP contribution in [-0.2, 0) is 0 Å². The van der Waals surface area contributed by atoms with Crippen molar-refractivity contribution in [2.24, 2.45) is 10.9 Å². The number of thiocarbonyl (C=S) groups is 1. The van der Waals surface area contributed by atoms with Crippen LogP contribution in [-0.4, -0.2) is 56.5 Å². The summed E-state index contributed by atoms with van der Waals surface area (Å²) in [5.74, 6) is -2.15. The fourth-order valence-corrected chi connectivity index (χ4v) is 4.63. The van der Waals surface area contributed by atoms with Gasteiger partial charge in [-0.1, -0.05) is 23.8 Å². The van der Waals surface area contributed by atoms with Gasteiger partial charge in [0.1, 0.15) is 10.7 Å². The first-order valence-corrected chi connectivity index (χ1v) is 10.7. The van der Waals surface area contributed by atoms with Gasteiger partial charge in [0.15, 0.2) is 5.15 Å². The third-order valence-corrected chi connectivity index (χ3v) is 6.29. The molecule has 1 fully saturated rings. The van der Waals surface area contributed by atoms with Crippen LogP contribution in [0.25, 0.3) is 5.69 Å². The summed E-state index contributed by atoms with van der Waals surface area (Å²) in [6.45, 7) is 2.52. The fraction of sp³-hybridized carbons (Fsp3) is 0.444. The smallest absolute Gasteiger partial charge is 0.252 e. The van der Waals surface area contributed by atoms with Gasteiger partial charge in [0, 0.05) is 43.6 Å². The maximum Gasteiger partial charge on any atom is 0.252 e. The van der Waals surface area contributed by atoms with E-state index in [2.05, 4.69) is 15.1 Å². The van der Waals surface area contributed by atoms with E-state index < -0.39 is 11.8 Å². The number of rotatable bonds is 8. The zero-order valence-corrected chi connectivity index (χ0v) is 17.9. The highest BCUT2D eigenvalue weighted by Gasteiger charge is 2.56. The second-order valence-corrected chi connectivity index (χ2v) is 8.13. The van der Waals surface area contributed by atoms with Crippen LogP contribution >= 0.6 is 35.6 Å². The van der Waals surface area contributed by atoms with Crippen molar-refractivity contribution in [2.75, 3.05) is 30.0 Å². The molecular weight excluding hydrogens is 424 g/mol. The molecule has 2 aromatic rings. The number of hydrogen-bond donors (Lipinski definition) is 0. The quantitative estimate of drug-likeness (QED) is 0.443. The zero-order chi connectivity index (χ0) is 20.3. The van der Waals surface area contributed by atoms with Gasteiger partial charge in [0.25, 0.3) is 5.92 Å². The monoisotopic (exact) mass is 443 g/mol. The van der Waals surface area contributed by atoms with Crippen LogP contribution in [0.5, 0.6) is 0 Å². The molecular formula is C18H20ClF2N5S2. The normalized spacial score (nSPS) is 18.2. The van der Waals surface area contributed by atoms with Crippen molar-refractivity contribution in [3.05, 3.63) is 35.9 Å². The van der Waals surface area contributed by atoms with Gasteiger partial charge in [0.05, 0.1) is 23.8 Å². The number of pyridine rings is 1. The number of anilines is 1. The third-order valence-electron chi connectivity index (χ3n) is 4.44. The molecule has 1 aliphatic rings. The predicted molar refractivity (Wildman–Crippen MR) is 116 cm³/mol. The Kier molecular flexibility index (Phi) is 6.67. The average molecular weight is 444 g/mol. The molecule has 10 heteroatoms. The van der Waals surface area contributed by atoms with E-state index in [0.29, 0.717) is 39.6 Å². The minimum absolute atomic E-state index is 0.0206. The lowest BCUT2D eigenvalue weighted by atomic mass is 10.3. The summed E-state index contributed by atoms with van der Waals surface area (Å²) < 4.78 is 27.7. The molecule has 0 amide bonds. The molecule has 2 aromatic heterocycles. The topological polar surface area (TPSA) is 46.3 Å². The van der Waals surface area contributed by atoms with Crippen LogP contribution in [0.4, 0.5) is 14.5 Å². The van der Waals surface area contributed by atoms with Crippen molar-refractivity contribution >= 4 is 52.0 Å². The lowest BCUT2D eigenvalue weighted by Crippen LogP contribution is -2.36. The molecule has 0 spiro atoms. The van der Waals surface area contributed by atoms with Crippen molar-refractivity contribution in [2.45, 2.75) is 19.3 Å². The summed E-state index contributed by atoms with van der Waals surface area (Å²) in [4.78, 5) is 10.7. The maximum absolute atomic E-state index is 13.0. The molecule has 0 aromatic carbocycles. The lowest BCUT2D eigenvalue weighted by molar-refractivity contribution is 0.103. The van der Waals surface area contributed by atoms with Crippen LogP contribution in [0.3, 0.4) is 0 Å². The van der Waals surface area contributed by atoms with Gasteiger partial charge in [-0.05, 0) is 19.1 Å². The van der Waals surface area contributed by atoms with Gasteiger partial charge < -0.3 is 4.90 Å². The number of aliphatic imine (C=N–C) groups is 1. The van der Waals surface area contributed by atoms with E-state index in [-0.39, 0.29) is 6.42 Å². The number of alkyl halides is 2. The number of halogens is 3. The largest absolute Gasteiger partial charge is 0.328 e. The highest BCUT2D eigenvalue weighted by molar-refractivity contribution is 8.00. The van der Waals surface area contributed by atoms with Crippen LogP contribution in [0.1, 0.15) is 13.3 Å². The Morgan fingerprint density at radius 1 is 1.54 bits per heavy atom. The second kappa shape index (κ2) is 8.84. The summed E-state index contributed by atoms with van der Waals surface area (Å²) in [5, 5.41) is 4.65. The highest BCUT2D eigenvalue weighted by atomic mass is 35.5. The molecule has 5 nitrogen and oxygen atoms in total. The lowest BCUT2D eigenvalue weighted by Gasteiger charge is -2.23. The van der Waals surface area contributed by atoms with E-state index in [9.17, 15) is 8.78 Å².